The minimum atomic E-state index is -0.535. The summed E-state index contributed by atoms with van der Waals surface area (Å²) >= 11 is 0. The molecule has 4 heterocycles. The van der Waals surface area contributed by atoms with E-state index in [1.807, 2.05) is 67.9 Å². The highest BCUT2D eigenvalue weighted by Crippen LogP contribution is 2.43. The molecule has 6 rings (SSSR count). The largest absolute Gasteiger partial charge is 0.490 e. The Morgan fingerprint density at radius 1 is 1.09 bits per heavy atom. The van der Waals surface area contributed by atoms with E-state index in [1.54, 1.807) is 12.3 Å². The van der Waals surface area contributed by atoms with Crippen molar-refractivity contribution in [1.29, 1.82) is 0 Å². The number of methoxy groups -OCH3 is 1. The molecule has 0 saturated carbocycles. The maximum absolute atomic E-state index is 15.5. The van der Waals surface area contributed by atoms with Crippen molar-refractivity contribution in [2.45, 2.75) is 39.7 Å². The van der Waals surface area contributed by atoms with Crippen LogP contribution in [0.3, 0.4) is 0 Å². The fourth-order valence-corrected chi connectivity index (χ4v) is 5.92. The lowest BCUT2D eigenvalue weighted by Crippen LogP contribution is -2.13. The molecule has 0 spiro atoms. The molecule has 0 amide bonds. The van der Waals surface area contributed by atoms with Gasteiger partial charge in [0.25, 0.3) is 0 Å². The SMILES string of the molecule is COC(=O)Cc1c(C)nc2c(cc(-c3ccnc(C(=O)OCc4ccccc4)c3)n2C)c1-c1cc(F)c2c(c1C)CCCO2. The molecule has 1 aliphatic heterocycles. The normalized spacial score (nSPS) is 12.5. The van der Waals surface area contributed by atoms with E-state index in [1.165, 1.54) is 13.2 Å². The highest BCUT2D eigenvalue weighted by Gasteiger charge is 2.27. The zero-order valence-corrected chi connectivity index (χ0v) is 25.1. The van der Waals surface area contributed by atoms with Crippen molar-refractivity contribution in [3.05, 3.63) is 100 Å². The number of rotatable bonds is 7. The quantitative estimate of drug-likeness (QED) is 0.200. The fourth-order valence-electron chi connectivity index (χ4n) is 5.92. The Balaban J connectivity index is 1.49. The molecular weight excluding hydrogens is 561 g/mol. The van der Waals surface area contributed by atoms with Gasteiger partial charge in [-0.2, -0.15) is 0 Å². The summed E-state index contributed by atoms with van der Waals surface area (Å²) in [7, 11) is 3.23. The van der Waals surface area contributed by atoms with Gasteiger partial charge in [-0.3, -0.25) is 4.79 Å². The fraction of sp³-hybridized carbons (Fsp3) is 0.257. The van der Waals surface area contributed by atoms with Crippen molar-refractivity contribution in [2.24, 2.45) is 7.05 Å². The number of halogens is 1. The van der Waals surface area contributed by atoms with Crippen molar-refractivity contribution in [3.8, 4) is 28.1 Å². The highest BCUT2D eigenvalue weighted by molar-refractivity contribution is 6.01. The summed E-state index contributed by atoms with van der Waals surface area (Å²) in [6, 6.07) is 16.4. The first-order valence-electron chi connectivity index (χ1n) is 14.4. The third-order valence-electron chi connectivity index (χ3n) is 8.21. The molecule has 8 nitrogen and oxygen atoms in total. The van der Waals surface area contributed by atoms with Gasteiger partial charge in [-0.15, -0.1) is 0 Å². The number of hydrogen-bond acceptors (Lipinski definition) is 7. The molecule has 0 fully saturated rings. The lowest BCUT2D eigenvalue weighted by molar-refractivity contribution is -0.139. The van der Waals surface area contributed by atoms with Crippen molar-refractivity contribution in [3.63, 3.8) is 0 Å². The van der Waals surface area contributed by atoms with Crippen LogP contribution in [0.25, 0.3) is 33.4 Å². The number of pyridine rings is 2. The first-order chi connectivity index (χ1) is 21.3. The first-order valence-corrected chi connectivity index (χ1v) is 14.4. The maximum Gasteiger partial charge on any atom is 0.357 e. The lowest BCUT2D eigenvalue weighted by Gasteiger charge is -2.23. The summed E-state index contributed by atoms with van der Waals surface area (Å²) in [5.41, 5.74) is 7.64. The Morgan fingerprint density at radius 2 is 1.89 bits per heavy atom. The molecule has 44 heavy (non-hydrogen) atoms. The second-order valence-electron chi connectivity index (χ2n) is 10.9. The standard InChI is InChI=1S/C35H32FN3O5/c1-20-24-11-8-14-43-33(24)28(36)16-25(20)32-26(18-31(40)42-4)21(2)38-34-27(32)17-30(39(34)3)23-12-13-37-29(15-23)35(41)44-19-22-9-6-5-7-10-22/h5-7,9-10,12-13,15-17H,8,11,14,18-19H2,1-4H3. The molecule has 224 valence electrons. The smallest absolute Gasteiger partial charge is 0.357 e. The molecule has 0 aliphatic carbocycles. The molecular formula is C35H32FN3O5. The molecule has 1 aliphatic rings. The number of carbonyl (C=O) groups excluding carboxylic acids is 2. The second-order valence-corrected chi connectivity index (χ2v) is 10.9. The van der Waals surface area contributed by atoms with Gasteiger partial charge in [0.1, 0.15) is 17.9 Å². The summed E-state index contributed by atoms with van der Waals surface area (Å²) in [6.07, 6.45) is 3.04. The predicted octanol–water partition coefficient (Wildman–Crippen LogP) is 6.46. The van der Waals surface area contributed by atoms with Crippen LogP contribution in [-0.2, 0) is 40.8 Å². The van der Waals surface area contributed by atoms with Crippen LogP contribution in [0.4, 0.5) is 4.39 Å². The van der Waals surface area contributed by atoms with Crippen LogP contribution >= 0.6 is 0 Å². The van der Waals surface area contributed by atoms with Gasteiger partial charge >= 0.3 is 11.9 Å². The van der Waals surface area contributed by atoms with Gasteiger partial charge in [0.05, 0.1) is 25.8 Å². The Bertz CT molecular complexity index is 1920. The number of fused-ring (bicyclic) bond motifs is 2. The summed E-state index contributed by atoms with van der Waals surface area (Å²) in [4.78, 5) is 34.6. The van der Waals surface area contributed by atoms with E-state index in [2.05, 4.69) is 4.98 Å². The predicted molar refractivity (Wildman–Crippen MR) is 164 cm³/mol. The maximum atomic E-state index is 15.5. The third-order valence-corrected chi connectivity index (χ3v) is 8.21. The number of aryl methyl sites for hydroxylation is 2. The van der Waals surface area contributed by atoms with Gasteiger partial charge in [-0.25, -0.2) is 19.2 Å². The molecule has 2 aromatic carbocycles. The van der Waals surface area contributed by atoms with E-state index in [4.69, 9.17) is 19.2 Å². The van der Waals surface area contributed by atoms with Crippen molar-refractivity contribution in [1.82, 2.24) is 14.5 Å². The summed E-state index contributed by atoms with van der Waals surface area (Å²) in [6.45, 7) is 4.42. The molecule has 0 N–H and O–H groups in total. The van der Waals surface area contributed by atoms with E-state index in [0.717, 1.165) is 45.3 Å². The molecule has 3 aromatic heterocycles. The Kier molecular flexibility index (Phi) is 7.86. The van der Waals surface area contributed by atoms with E-state index in [0.29, 0.717) is 41.2 Å². The van der Waals surface area contributed by atoms with Crippen LogP contribution < -0.4 is 4.74 Å². The molecule has 0 radical (unpaired) electrons. The average molecular weight is 594 g/mol. The van der Waals surface area contributed by atoms with E-state index in [-0.39, 0.29) is 18.7 Å². The monoisotopic (exact) mass is 593 g/mol. The lowest BCUT2D eigenvalue weighted by atomic mass is 9.87. The second kappa shape index (κ2) is 11.9. The number of aromatic nitrogens is 3. The van der Waals surface area contributed by atoms with Crippen molar-refractivity contribution in [2.75, 3.05) is 13.7 Å². The Labute approximate surface area is 254 Å². The topological polar surface area (TPSA) is 92.5 Å². The molecule has 0 bridgehead atoms. The number of ether oxygens (including phenoxy) is 3. The number of benzene rings is 2. The van der Waals surface area contributed by atoms with Gasteiger partial charge in [0.15, 0.2) is 11.6 Å². The summed E-state index contributed by atoms with van der Waals surface area (Å²) < 4.78 is 33.7. The van der Waals surface area contributed by atoms with Crippen LogP contribution in [-0.4, -0.2) is 40.2 Å². The van der Waals surface area contributed by atoms with E-state index < -0.39 is 17.8 Å². The zero-order valence-electron chi connectivity index (χ0n) is 25.1. The van der Waals surface area contributed by atoms with Gasteiger partial charge in [-0.05, 0) is 78.8 Å². The molecule has 9 heteroatoms. The minimum absolute atomic E-state index is 0.0217. The third kappa shape index (κ3) is 5.30. The van der Waals surface area contributed by atoms with E-state index >= 15 is 4.39 Å². The van der Waals surface area contributed by atoms with Crippen LogP contribution in [0.15, 0.2) is 60.8 Å². The van der Waals surface area contributed by atoms with Crippen LogP contribution in [0.1, 0.15) is 44.9 Å². The van der Waals surface area contributed by atoms with Gasteiger partial charge in [-0.1, -0.05) is 30.3 Å². The summed E-state index contributed by atoms with van der Waals surface area (Å²) in [5.74, 6) is -1.09. The van der Waals surface area contributed by atoms with Gasteiger partial charge in [0, 0.05) is 35.5 Å². The molecule has 5 aromatic rings. The van der Waals surface area contributed by atoms with Gasteiger partial charge in [0.2, 0.25) is 0 Å². The van der Waals surface area contributed by atoms with Crippen LogP contribution in [0.5, 0.6) is 5.75 Å². The summed E-state index contributed by atoms with van der Waals surface area (Å²) in [5, 5.41) is 0.746. The Hall–Kier alpha value is -5.05. The van der Waals surface area contributed by atoms with Crippen LogP contribution in [0.2, 0.25) is 0 Å². The number of carbonyl (C=O) groups is 2. The zero-order chi connectivity index (χ0) is 31.0. The van der Waals surface area contributed by atoms with Crippen molar-refractivity contribution < 1.29 is 28.2 Å². The Morgan fingerprint density at radius 3 is 2.66 bits per heavy atom. The van der Waals surface area contributed by atoms with Gasteiger partial charge < -0.3 is 18.8 Å². The molecule has 0 unspecified atom stereocenters. The number of esters is 2. The van der Waals surface area contributed by atoms with Crippen molar-refractivity contribution >= 4 is 23.0 Å². The van der Waals surface area contributed by atoms with E-state index in [9.17, 15) is 9.59 Å². The highest BCUT2D eigenvalue weighted by atomic mass is 19.1. The number of nitrogens with zero attached hydrogens (tertiary/aromatic N) is 3. The first kappa shape index (κ1) is 29.0. The minimum Gasteiger partial charge on any atom is -0.490 e. The molecule has 0 atom stereocenters. The molecule has 0 saturated heterocycles. The number of hydrogen-bond donors (Lipinski definition) is 0. The van der Waals surface area contributed by atoms with Crippen LogP contribution in [0, 0.1) is 19.7 Å². The average Bonchev–Trinajstić information content (AvgIpc) is 3.37.